The number of nitrogens with zero attached hydrogens (tertiary/aromatic N) is 1. The second-order valence-corrected chi connectivity index (χ2v) is 3.71. The van der Waals surface area contributed by atoms with E-state index in [2.05, 4.69) is 22.6 Å². The highest BCUT2D eigenvalue weighted by Gasteiger charge is 2.38. The Morgan fingerprint density at radius 3 is 2.23 bits per heavy atom. The van der Waals surface area contributed by atoms with Gasteiger partial charge in [0, 0.05) is 20.1 Å². The first-order valence-electron chi connectivity index (χ1n) is 4.74. The summed E-state index contributed by atoms with van der Waals surface area (Å²) in [4.78, 5) is 13.9. The molecule has 0 unspecified atom stereocenters. The molecule has 0 atom stereocenters. The molecule has 0 aliphatic carbocycles. The minimum absolute atomic E-state index is 0.114. The van der Waals surface area contributed by atoms with E-state index in [9.17, 15) is 4.79 Å². The SMILES string of the molecule is CNC(=O)C1(NC)CCN(C)CC1. The van der Waals surface area contributed by atoms with Gasteiger partial charge < -0.3 is 15.5 Å². The van der Waals surface area contributed by atoms with Gasteiger partial charge in [-0.2, -0.15) is 0 Å². The van der Waals surface area contributed by atoms with Crippen molar-refractivity contribution in [3.8, 4) is 0 Å². The lowest BCUT2D eigenvalue weighted by atomic mass is 9.87. The highest BCUT2D eigenvalue weighted by atomic mass is 16.2. The van der Waals surface area contributed by atoms with Crippen molar-refractivity contribution in [1.29, 1.82) is 0 Å². The van der Waals surface area contributed by atoms with E-state index in [0.717, 1.165) is 25.9 Å². The Bertz CT molecular complexity index is 185. The summed E-state index contributed by atoms with van der Waals surface area (Å²) in [5.74, 6) is 0.114. The van der Waals surface area contributed by atoms with Crippen LogP contribution in [0.1, 0.15) is 12.8 Å². The van der Waals surface area contributed by atoms with E-state index in [4.69, 9.17) is 0 Å². The molecule has 76 valence electrons. The monoisotopic (exact) mass is 185 g/mol. The lowest BCUT2D eigenvalue weighted by Crippen LogP contribution is -2.59. The highest BCUT2D eigenvalue weighted by Crippen LogP contribution is 2.20. The molecular formula is C9H19N3O. The first kappa shape index (κ1) is 10.5. The summed E-state index contributed by atoms with van der Waals surface area (Å²) >= 11 is 0. The summed E-state index contributed by atoms with van der Waals surface area (Å²) in [5.41, 5.74) is -0.332. The van der Waals surface area contributed by atoms with Crippen LogP contribution >= 0.6 is 0 Å². The maximum atomic E-state index is 11.6. The fourth-order valence-electron chi connectivity index (χ4n) is 1.83. The van der Waals surface area contributed by atoms with Crippen molar-refractivity contribution in [2.24, 2.45) is 0 Å². The van der Waals surface area contributed by atoms with Crippen molar-refractivity contribution in [2.45, 2.75) is 18.4 Å². The van der Waals surface area contributed by atoms with E-state index in [1.54, 1.807) is 7.05 Å². The quantitative estimate of drug-likeness (QED) is 0.605. The number of carbonyl (C=O) groups is 1. The molecule has 2 N–H and O–H groups in total. The topological polar surface area (TPSA) is 44.4 Å². The number of nitrogens with one attached hydrogen (secondary N) is 2. The predicted octanol–water partition coefficient (Wildman–Crippen LogP) is -0.584. The third-order valence-electron chi connectivity index (χ3n) is 2.98. The van der Waals surface area contributed by atoms with Crippen LogP contribution in [-0.4, -0.2) is 50.6 Å². The molecule has 0 saturated carbocycles. The van der Waals surface area contributed by atoms with Crippen molar-refractivity contribution in [2.75, 3.05) is 34.2 Å². The summed E-state index contributed by atoms with van der Waals surface area (Å²) in [7, 11) is 5.64. The van der Waals surface area contributed by atoms with Gasteiger partial charge >= 0.3 is 0 Å². The molecule has 0 aromatic heterocycles. The lowest BCUT2D eigenvalue weighted by Gasteiger charge is -2.38. The maximum absolute atomic E-state index is 11.6. The second kappa shape index (κ2) is 4.07. The third-order valence-corrected chi connectivity index (χ3v) is 2.98. The van der Waals surface area contributed by atoms with Gasteiger partial charge in [0.2, 0.25) is 5.91 Å². The minimum Gasteiger partial charge on any atom is -0.358 e. The largest absolute Gasteiger partial charge is 0.358 e. The maximum Gasteiger partial charge on any atom is 0.240 e. The number of amides is 1. The van der Waals surface area contributed by atoms with Gasteiger partial charge in [0.1, 0.15) is 0 Å². The molecule has 0 aromatic rings. The zero-order chi connectivity index (χ0) is 9.90. The molecule has 1 aliphatic rings. The molecule has 1 aliphatic heterocycles. The average Bonchev–Trinajstić information content (AvgIpc) is 2.18. The molecule has 0 aromatic carbocycles. The van der Waals surface area contributed by atoms with Gasteiger partial charge in [0.25, 0.3) is 0 Å². The van der Waals surface area contributed by atoms with Gasteiger partial charge in [-0.3, -0.25) is 4.79 Å². The normalized spacial score (nSPS) is 22.7. The van der Waals surface area contributed by atoms with E-state index in [1.807, 2.05) is 7.05 Å². The van der Waals surface area contributed by atoms with Gasteiger partial charge in [-0.1, -0.05) is 0 Å². The molecule has 1 fully saturated rings. The van der Waals surface area contributed by atoms with Crippen molar-refractivity contribution in [1.82, 2.24) is 15.5 Å². The number of carbonyl (C=O) groups excluding carboxylic acids is 1. The standard InChI is InChI=1S/C9H19N3O/c1-10-8(13)9(11-2)4-6-12(3)7-5-9/h11H,4-7H2,1-3H3,(H,10,13). The fourth-order valence-corrected chi connectivity index (χ4v) is 1.83. The number of likely N-dealkylation sites (tertiary alicyclic amines) is 1. The zero-order valence-electron chi connectivity index (χ0n) is 8.68. The Morgan fingerprint density at radius 2 is 1.85 bits per heavy atom. The van der Waals surface area contributed by atoms with Gasteiger partial charge in [-0.15, -0.1) is 0 Å². The van der Waals surface area contributed by atoms with Gasteiger partial charge in [0.15, 0.2) is 0 Å². The van der Waals surface area contributed by atoms with Crippen LogP contribution in [0.25, 0.3) is 0 Å². The number of piperidine rings is 1. The Balaban J connectivity index is 2.65. The molecule has 1 heterocycles. The summed E-state index contributed by atoms with van der Waals surface area (Å²) in [6.07, 6.45) is 1.78. The Labute approximate surface area is 79.7 Å². The average molecular weight is 185 g/mol. The molecule has 4 heteroatoms. The van der Waals surface area contributed by atoms with Crippen molar-refractivity contribution in [3.63, 3.8) is 0 Å². The van der Waals surface area contributed by atoms with E-state index >= 15 is 0 Å². The highest BCUT2D eigenvalue weighted by molar-refractivity contribution is 5.86. The van der Waals surface area contributed by atoms with E-state index in [1.165, 1.54) is 0 Å². The predicted molar refractivity (Wildman–Crippen MR) is 52.6 cm³/mol. The van der Waals surface area contributed by atoms with Crippen LogP contribution < -0.4 is 10.6 Å². The second-order valence-electron chi connectivity index (χ2n) is 3.71. The smallest absolute Gasteiger partial charge is 0.240 e. The molecular weight excluding hydrogens is 166 g/mol. The summed E-state index contributed by atoms with van der Waals surface area (Å²) < 4.78 is 0. The van der Waals surface area contributed by atoms with Crippen LogP contribution in [-0.2, 0) is 4.79 Å². The number of likely N-dealkylation sites (N-methyl/N-ethyl adjacent to an activating group) is 2. The molecule has 1 amide bonds. The van der Waals surface area contributed by atoms with Crippen LogP contribution in [0.15, 0.2) is 0 Å². The first-order valence-corrected chi connectivity index (χ1v) is 4.74. The third kappa shape index (κ3) is 2.00. The van der Waals surface area contributed by atoms with E-state index < -0.39 is 0 Å². The number of rotatable bonds is 2. The number of hydrogen-bond donors (Lipinski definition) is 2. The zero-order valence-corrected chi connectivity index (χ0v) is 8.68. The van der Waals surface area contributed by atoms with Crippen LogP contribution in [0, 0.1) is 0 Å². The van der Waals surface area contributed by atoms with Gasteiger partial charge in [-0.05, 0) is 26.9 Å². The van der Waals surface area contributed by atoms with Crippen molar-refractivity contribution in [3.05, 3.63) is 0 Å². The van der Waals surface area contributed by atoms with Gasteiger partial charge in [-0.25, -0.2) is 0 Å². The summed E-state index contributed by atoms with van der Waals surface area (Å²) in [6.45, 7) is 1.96. The minimum atomic E-state index is -0.332. The molecule has 1 saturated heterocycles. The molecule has 1 rings (SSSR count). The molecule has 4 nitrogen and oxygen atoms in total. The lowest BCUT2D eigenvalue weighted by molar-refractivity contribution is -0.128. The summed E-state index contributed by atoms with van der Waals surface area (Å²) in [6, 6.07) is 0. The molecule has 0 spiro atoms. The fraction of sp³-hybridized carbons (Fsp3) is 0.889. The Hall–Kier alpha value is -0.610. The van der Waals surface area contributed by atoms with E-state index in [0.29, 0.717) is 0 Å². The van der Waals surface area contributed by atoms with Crippen molar-refractivity contribution >= 4 is 5.91 Å². The molecule has 0 radical (unpaired) electrons. The Kier molecular flexibility index (Phi) is 3.27. The summed E-state index contributed by atoms with van der Waals surface area (Å²) in [5, 5.41) is 5.87. The number of hydrogen-bond acceptors (Lipinski definition) is 3. The molecule has 0 bridgehead atoms. The first-order chi connectivity index (χ1) is 6.14. The van der Waals surface area contributed by atoms with Crippen LogP contribution in [0.5, 0.6) is 0 Å². The molecule has 13 heavy (non-hydrogen) atoms. The Morgan fingerprint density at radius 1 is 1.31 bits per heavy atom. The van der Waals surface area contributed by atoms with E-state index in [-0.39, 0.29) is 11.4 Å². The van der Waals surface area contributed by atoms with Gasteiger partial charge in [0.05, 0.1) is 5.54 Å². The van der Waals surface area contributed by atoms with Crippen molar-refractivity contribution < 1.29 is 4.79 Å². The van der Waals surface area contributed by atoms with Crippen LogP contribution in [0.4, 0.5) is 0 Å². The van der Waals surface area contributed by atoms with Crippen LogP contribution in [0.2, 0.25) is 0 Å². The van der Waals surface area contributed by atoms with Crippen LogP contribution in [0.3, 0.4) is 0 Å².